The first-order valence-electron chi connectivity index (χ1n) is 5.99. The minimum Gasteiger partial charge on any atom is -0.339 e. The Morgan fingerprint density at radius 2 is 2.53 bits per heavy atom. The monoisotopic (exact) mass is 249 g/mol. The highest BCUT2D eigenvalue weighted by atomic mass is 32.1. The average Bonchev–Trinajstić information content (AvgIpc) is 3.00. The zero-order valence-electron chi connectivity index (χ0n) is 9.56. The number of hydrogen-bond acceptors (Lipinski definition) is 5. The van der Waals surface area contributed by atoms with Crippen LogP contribution in [0.4, 0.5) is 0 Å². The summed E-state index contributed by atoms with van der Waals surface area (Å²) in [6.07, 6.45) is 3.39. The Morgan fingerprint density at radius 1 is 1.53 bits per heavy atom. The molecule has 1 N–H and O–H groups in total. The number of rotatable bonds is 3. The molecule has 5 heteroatoms. The van der Waals surface area contributed by atoms with Gasteiger partial charge in [0.05, 0.1) is 4.88 Å². The van der Waals surface area contributed by atoms with Crippen molar-refractivity contribution in [3.63, 3.8) is 0 Å². The first kappa shape index (κ1) is 10.9. The fourth-order valence-electron chi connectivity index (χ4n) is 2.19. The predicted molar refractivity (Wildman–Crippen MR) is 66.9 cm³/mol. The summed E-state index contributed by atoms with van der Waals surface area (Å²) in [5, 5.41) is 9.45. The molecule has 3 heterocycles. The van der Waals surface area contributed by atoms with Gasteiger partial charge in [-0.15, -0.1) is 11.3 Å². The van der Waals surface area contributed by atoms with Gasteiger partial charge in [-0.25, -0.2) is 0 Å². The van der Waals surface area contributed by atoms with Crippen LogP contribution in [-0.2, 0) is 6.42 Å². The third-order valence-corrected chi connectivity index (χ3v) is 3.94. The van der Waals surface area contributed by atoms with Crippen LogP contribution in [0, 0.1) is 5.92 Å². The van der Waals surface area contributed by atoms with Gasteiger partial charge in [0.2, 0.25) is 11.7 Å². The second-order valence-electron chi connectivity index (χ2n) is 4.41. The molecule has 2 aromatic rings. The fraction of sp³-hybridized carbons (Fsp3) is 0.500. The number of aromatic nitrogens is 2. The van der Waals surface area contributed by atoms with Crippen molar-refractivity contribution in [2.75, 3.05) is 13.1 Å². The van der Waals surface area contributed by atoms with E-state index in [2.05, 4.69) is 15.5 Å². The van der Waals surface area contributed by atoms with Crippen LogP contribution in [-0.4, -0.2) is 23.2 Å². The zero-order chi connectivity index (χ0) is 11.5. The SMILES string of the molecule is c1csc(-c2noc(CC3CCCNC3)n2)c1. The van der Waals surface area contributed by atoms with E-state index >= 15 is 0 Å². The minimum absolute atomic E-state index is 0.639. The van der Waals surface area contributed by atoms with Gasteiger partial charge in [-0.2, -0.15) is 4.98 Å². The molecular formula is C12H15N3OS. The summed E-state index contributed by atoms with van der Waals surface area (Å²) in [5.74, 6) is 2.13. The first-order chi connectivity index (χ1) is 8.42. The van der Waals surface area contributed by atoms with E-state index in [0.717, 1.165) is 36.1 Å². The van der Waals surface area contributed by atoms with Crippen molar-refractivity contribution in [1.29, 1.82) is 0 Å². The highest BCUT2D eigenvalue weighted by molar-refractivity contribution is 7.13. The van der Waals surface area contributed by atoms with Crippen molar-refractivity contribution in [3.05, 3.63) is 23.4 Å². The minimum atomic E-state index is 0.639. The maximum absolute atomic E-state index is 5.31. The van der Waals surface area contributed by atoms with Crippen molar-refractivity contribution in [3.8, 4) is 10.7 Å². The van der Waals surface area contributed by atoms with Gasteiger partial charge in [-0.05, 0) is 43.3 Å². The van der Waals surface area contributed by atoms with Crippen LogP contribution in [0.2, 0.25) is 0 Å². The molecular weight excluding hydrogens is 234 g/mol. The van der Waals surface area contributed by atoms with Crippen LogP contribution in [0.1, 0.15) is 18.7 Å². The molecule has 0 amide bonds. The molecule has 1 saturated heterocycles. The summed E-state index contributed by atoms with van der Waals surface area (Å²) >= 11 is 1.64. The number of nitrogens with zero attached hydrogens (tertiary/aromatic N) is 2. The molecule has 90 valence electrons. The van der Waals surface area contributed by atoms with E-state index in [-0.39, 0.29) is 0 Å². The maximum Gasteiger partial charge on any atom is 0.227 e. The molecule has 0 saturated carbocycles. The molecule has 0 spiro atoms. The number of hydrogen-bond donors (Lipinski definition) is 1. The van der Waals surface area contributed by atoms with Crippen LogP contribution in [0.3, 0.4) is 0 Å². The lowest BCUT2D eigenvalue weighted by molar-refractivity contribution is 0.316. The lowest BCUT2D eigenvalue weighted by Crippen LogP contribution is -2.30. The quantitative estimate of drug-likeness (QED) is 0.907. The van der Waals surface area contributed by atoms with E-state index < -0.39 is 0 Å². The molecule has 0 aromatic carbocycles. The van der Waals surface area contributed by atoms with Gasteiger partial charge >= 0.3 is 0 Å². The van der Waals surface area contributed by atoms with Crippen molar-refractivity contribution >= 4 is 11.3 Å². The van der Waals surface area contributed by atoms with Gasteiger partial charge in [0.1, 0.15) is 0 Å². The van der Waals surface area contributed by atoms with E-state index in [4.69, 9.17) is 4.52 Å². The summed E-state index contributed by atoms with van der Waals surface area (Å²) < 4.78 is 5.31. The standard InChI is InChI=1S/C12H15N3OS/c1-3-9(8-13-5-1)7-11-14-12(15-16-11)10-4-2-6-17-10/h2,4,6,9,13H,1,3,5,7-8H2. The predicted octanol–water partition coefficient (Wildman–Crippen LogP) is 2.34. The van der Waals surface area contributed by atoms with Gasteiger partial charge in [0, 0.05) is 6.42 Å². The molecule has 1 unspecified atom stereocenters. The molecule has 1 aliphatic rings. The molecule has 3 rings (SSSR count). The second-order valence-corrected chi connectivity index (χ2v) is 5.35. The van der Waals surface area contributed by atoms with Crippen molar-refractivity contribution < 1.29 is 4.52 Å². The Hall–Kier alpha value is -1.20. The molecule has 1 fully saturated rings. The Balaban J connectivity index is 1.68. The third-order valence-electron chi connectivity index (χ3n) is 3.07. The van der Waals surface area contributed by atoms with E-state index in [9.17, 15) is 0 Å². The first-order valence-corrected chi connectivity index (χ1v) is 6.87. The molecule has 1 aliphatic heterocycles. The van der Waals surface area contributed by atoms with Gasteiger partial charge in [0.15, 0.2) is 0 Å². The molecule has 1 atom stereocenters. The van der Waals surface area contributed by atoms with E-state index in [0.29, 0.717) is 5.92 Å². The van der Waals surface area contributed by atoms with Crippen molar-refractivity contribution in [2.45, 2.75) is 19.3 Å². The third kappa shape index (κ3) is 2.56. The van der Waals surface area contributed by atoms with Gasteiger partial charge in [0.25, 0.3) is 0 Å². The van der Waals surface area contributed by atoms with Gasteiger partial charge in [-0.1, -0.05) is 11.2 Å². The van der Waals surface area contributed by atoms with Crippen molar-refractivity contribution in [2.24, 2.45) is 5.92 Å². The maximum atomic E-state index is 5.31. The Kier molecular flexibility index (Phi) is 3.20. The Bertz CT molecular complexity index is 460. The lowest BCUT2D eigenvalue weighted by Gasteiger charge is -2.20. The molecule has 2 aromatic heterocycles. The summed E-state index contributed by atoms with van der Waals surface area (Å²) in [6.45, 7) is 2.21. The number of thiophene rings is 1. The summed E-state index contributed by atoms with van der Waals surface area (Å²) in [4.78, 5) is 5.52. The zero-order valence-corrected chi connectivity index (χ0v) is 10.4. The highest BCUT2D eigenvalue weighted by Gasteiger charge is 2.17. The lowest BCUT2D eigenvalue weighted by atomic mass is 9.96. The fourth-order valence-corrected chi connectivity index (χ4v) is 2.84. The molecule has 0 radical (unpaired) electrons. The Labute approximate surface area is 104 Å². The van der Waals surface area contributed by atoms with Crippen LogP contribution in [0.5, 0.6) is 0 Å². The second kappa shape index (κ2) is 4.98. The van der Waals surface area contributed by atoms with E-state index in [1.165, 1.54) is 12.8 Å². The van der Waals surface area contributed by atoms with Gasteiger partial charge < -0.3 is 9.84 Å². The number of nitrogens with one attached hydrogen (secondary N) is 1. The number of piperidine rings is 1. The van der Waals surface area contributed by atoms with E-state index in [1.54, 1.807) is 11.3 Å². The average molecular weight is 249 g/mol. The van der Waals surface area contributed by atoms with Crippen molar-refractivity contribution in [1.82, 2.24) is 15.5 Å². The van der Waals surface area contributed by atoms with E-state index in [1.807, 2.05) is 17.5 Å². The smallest absolute Gasteiger partial charge is 0.227 e. The topological polar surface area (TPSA) is 51.0 Å². The largest absolute Gasteiger partial charge is 0.339 e. The molecule has 4 nitrogen and oxygen atoms in total. The van der Waals surface area contributed by atoms with Crippen LogP contribution < -0.4 is 5.32 Å². The highest BCUT2D eigenvalue weighted by Crippen LogP contribution is 2.22. The molecule has 0 bridgehead atoms. The summed E-state index contributed by atoms with van der Waals surface area (Å²) in [5.41, 5.74) is 0. The molecule has 0 aliphatic carbocycles. The normalized spacial score (nSPS) is 20.6. The van der Waals surface area contributed by atoms with Gasteiger partial charge in [-0.3, -0.25) is 0 Å². The Morgan fingerprint density at radius 3 is 3.29 bits per heavy atom. The summed E-state index contributed by atoms with van der Waals surface area (Å²) in [6, 6.07) is 4.02. The summed E-state index contributed by atoms with van der Waals surface area (Å²) in [7, 11) is 0. The molecule has 17 heavy (non-hydrogen) atoms. The van der Waals surface area contributed by atoms with Crippen LogP contribution >= 0.6 is 11.3 Å². The van der Waals surface area contributed by atoms with Crippen LogP contribution in [0.15, 0.2) is 22.0 Å². The van der Waals surface area contributed by atoms with Crippen LogP contribution in [0.25, 0.3) is 10.7 Å².